The van der Waals surface area contributed by atoms with Crippen LogP contribution in [0.15, 0.2) is 85.1 Å². The highest BCUT2D eigenvalue weighted by atomic mass is 31.2. The molecule has 0 rings (SSSR count). The average molecular weight is 803 g/mol. The Hall–Kier alpha value is -2.32. The molecule has 0 aromatic carbocycles. The molecule has 56 heavy (non-hydrogen) atoms. The van der Waals surface area contributed by atoms with Gasteiger partial charge in [-0.05, 0) is 64.2 Å². The lowest BCUT2D eigenvalue weighted by Gasteiger charge is -2.29. The number of phosphoric acid groups is 1. The third-order valence-electron chi connectivity index (χ3n) is 9.09. The molecular weight excluding hydrogens is 719 g/mol. The molecule has 8 nitrogen and oxygen atoms in total. The van der Waals surface area contributed by atoms with Gasteiger partial charge in [0.05, 0.1) is 39.9 Å². The van der Waals surface area contributed by atoms with Crippen molar-refractivity contribution in [2.75, 3.05) is 40.9 Å². The van der Waals surface area contributed by atoms with Crippen LogP contribution in [0.4, 0.5) is 0 Å². The zero-order chi connectivity index (χ0) is 41.4. The van der Waals surface area contributed by atoms with Gasteiger partial charge in [0.1, 0.15) is 13.2 Å². The molecule has 322 valence electrons. The van der Waals surface area contributed by atoms with Crippen molar-refractivity contribution in [2.24, 2.45) is 0 Å². The Morgan fingerprint density at radius 3 is 1.55 bits per heavy atom. The van der Waals surface area contributed by atoms with E-state index in [4.69, 9.17) is 9.05 Å². The van der Waals surface area contributed by atoms with E-state index in [-0.39, 0.29) is 12.5 Å². The average Bonchev–Trinajstić information content (AvgIpc) is 3.15. The first-order valence-corrected chi connectivity index (χ1v) is 23.4. The molecule has 0 bridgehead atoms. The molecule has 0 aliphatic carbocycles. The maximum atomic E-state index is 12.7. The first kappa shape index (κ1) is 53.7. The second kappa shape index (κ2) is 38.2. The zero-order valence-electron chi connectivity index (χ0n) is 36.3. The number of amides is 1. The highest BCUT2D eigenvalue weighted by molar-refractivity contribution is 7.45. The number of hydrogen-bond acceptors (Lipinski definition) is 6. The minimum absolute atomic E-state index is 0.00684. The molecule has 0 aromatic rings. The summed E-state index contributed by atoms with van der Waals surface area (Å²) < 4.78 is 22.8. The summed E-state index contributed by atoms with van der Waals surface area (Å²) in [6, 6.07) is -0.887. The van der Waals surface area contributed by atoms with E-state index in [2.05, 4.69) is 85.2 Å². The van der Waals surface area contributed by atoms with Crippen LogP contribution in [0.1, 0.15) is 155 Å². The molecule has 2 N–H and O–H groups in total. The van der Waals surface area contributed by atoms with E-state index in [9.17, 15) is 19.4 Å². The number of carbonyl (C=O) groups is 1. The summed E-state index contributed by atoms with van der Waals surface area (Å²) in [5, 5.41) is 13.4. The van der Waals surface area contributed by atoms with Crippen molar-refractivity contribution in [1.29, 1.82) is 0 Å². The number of nitrogens with zero attached hydrogens (tertiary/aromatic N) is 1. The van der Waals surface area contributed by atoms with Crippen molar-refractivity contribution in [3.05, 3.63) is 85.1 Å². The van der Waals surface area contributed by atoms with E-state index < -0.39 is 26.6 Å². The summed E-state index contributed by atoms with van der Waals surface area (Å²) in [4.78, 5) is 24.9. The molecular formula is C47H83N2O6P. The lowest BCUT2D eigenvalue weighted by molar-refractivity contribution is -0.870. The minimum Gasteiger partial charge on any atom is -0.756 e. The molecule has 0 radical (unpaired) electrons. The number of likely N-dealkylation sites (N-methyl/N-ethyl adjacent to an activating group) is 1. The van der Waals surface area contributed by atoms with Gasteiger partial charge < -0.3 is 28.8 Å². The van der Waals surface area contributed by atoms with Gasteiger partial charge in [-0.2, -0.15) is 0 Å². The number of unbranched alkanes of at least 4 members (excludes halogenated alkanes) is 13. The molecule has 0 spiro atoms. The summed E-state index contributed by atoms with van der Waals surface area (Å²) >= 11 is 0. The number of nitrogens with one attached hydrogen (secondary N) is 1. The zero-order valence-corrected chi connectivity index (χ0v) is 37.2. The molecule has 0 heterocycles. The van der Waals surface area contributed by atoms with Crippen molar-refractivity contribution in [3.8, 4) is 0 Å². The predicted octanol–water partition coefficient (Wildman–Crippen LogP) is 11.6. The van der Waals surface area contributed by atoms with Gasteiger partial charge in [0.2, 0.25) is 5.91 Å². The minimum atomic E-state index is -4.57. The number of aliphatic hydroxyl groups is 1. The molecule has 0 fully saturated rings. The van der Waals surface area contributed by atoms with Gasteiger partial charge in [0.15, 0.2) is 0 Å². The molecule has 0 aliphatic rings. The second-order valence-corrected chi connectivity index (χ2v) is 17.1. The smallest absolute Gasteiger partial charge is 0.268 e. The fourth-order valence-electron chi connectivity index (χ4n) is 5.63. The van der Waals surface area contributed by atoms with Crippen LogP contribution in [0.5, 0.6) is 0 Å². The number of hydrogen-bond donors (Lipinski definition) is 2. The van der Waals surface area contributed by atoms with Crippen molar-refractivity contribution in [2.45, 2.75) is 167 Å². The highest BCUT2D eigenvalue weighted by Gasteiger charge is 2.23. The lowest BCUT2D eigenvalue weighted by atomic mass is 10.0. The van der Waals surface area contributed by atoms with E-state index in [0.717, 1.165) is 70.6 Å². The SMILES string of the molecule is CC/C=C\C/C=C\C/C=C\C/C=C\C/C=C\C/C=C\CCCCCCCCCCCCCCC(=O)NC(COP(=O)([O-])OCC[N+](C)(C)C)C(O)/C=C/CCC. The molecule has 0 saturated carbocycles. The fourth-order valence-corrected chi connectivity index (χ4v) is 6.35. The first-order valence-electron chi connectivity index (χ1n) is 21.9. The van der Waals surface area contributed by atoms with Crippen LogP contribution in [-0.2, 0) is 18.4 Å². The maximum absolute atomic E-state index is 12.7. The quantitative estimate of drug-likeness (QED) is 0.0279. The molecule has 0 aliphatic heterocycles. The first-order chi connectivity index (χ1) is 27.0. The Balaban J connectivity index is 3.88. The van der Waals surface area contributed by atoms with Gasteiger partial charge in [-0.3, -0.25) is 9.36 Å². The topological polar surface area (TPSA) is 108 Å². The van der Waals surface area contributed by atoms with Crippen LogP contribution >= 0.6 is 7.82 Å². The van der Waals surface area contributed by atoms with Gasteiger partial charge >= 0.3 is 0 Å². The lowest BCUT2D eigenvalue weighted by Crippen LogP contribution is -2.45. The third-order valence-corrected chi connectivity index (χ3v) is 10.1. The van der Waals surface area contributed by atoms with Crippen molar-refractivity contribution in [1.82, 2.24) is 5.32 Å². The van der Waals surface area contributed by atoms with E-state index in [1.54, 1.807) is 6.08 Å². The van der Waals surface area contributed by atoms with Crippen LogP contribution in [-0.4, -0.2) is 68.5 Å². The number of carbonyl (C=O) groups excluding carboxylic acids is 1. The Morgan fingerprint density at radius 1 is 0.643 bits per heavy atom. The van der Waals surface area contributed by atoms with Crippen LogP contribution < -0.4 is 10.2 Å². The van der Waals surface area contributed by atoms with Gasteiger partial charge in [-0.15, -0.1) is 0 Å². The summed E-state index contributed by atoms with van der Waals surface area (Å²) in [6.45, 7) is 4.28. The number of phosphoric ester groups is 1. The largest absolute Gasteiger partial charge is 0.756 e. The number of quaternary nitrogens is 1. The third kappa shape index (κ3) is 39.9. The van der Waals surface area contributed by atoms with Gasteiger partial charge in [0.25, 0.3) is 7.82 Å². The van der Waals surface area contributed by atoms with Gasteiger partial charge in [-0.1, -0.05) is 170 Å². The Bertz CT molecular complexity index is 1180. The molecule has 3 atom stereocenters. The van der Waals surface area contributed by atoms with Crippen LogP contribution in [0.2, 0.25) is 0 Å². The number of aliphatic hydroxyl groups excluding tert-OH is 1. The predicted molar refractivity (Wildman–Crippen MR) is 237 cm³/mol. The van der Waals surface area contributed by atoms with Crippen LogP contribution in [0.3, 0.4) is 0 Å². The summed E-state index contributed by atoms with van der Waals surface area (Å²) in [6.07, 6.45) is 53.0. The van der Waals surface area contributed by atoms with Gasteiger partial charge in [-0.25, -0.2) is 0 Å². The normalized spacial score (nSPS) is 15.2. The summed E-state index contributed by atoms with van der Waals surface area (Å²) in [7, 11) is 1.24. The van der Waals surface area contributed by atoms with E-state index in [1.807, 2.05) is 34.1 Å². The molecule has 0 aromatic heterocycles. The molecule has 3 unspecified atom stereocenters. The number of allylic oxidation sites excluding steroid dienone is 13. The Labute approximate surface area is 344 Å². The van der Waals surface area contributed by atoms with Crippen LogP contribution in [0, 0.1) is 0 Å². The molecule has 9 heteroatoms. The van der Waals surface area contributed by atoms with Gasteiger partial charge in [0, 0.05) is 6.42 Å². The Kier molecular flexibility index (Phi) is 36.6. The van der Waals surface area contributed by atoms with E-state index in [0.29, 0.717) is 17.4 Å². The number of rotatable bonds is 38. The van der Waals surface area contributed by atoms with E-state index in [1.165, 1.54) is 64.2 Å². The molecule has 0 saturated heterocycles. The summed E-state index contributed by atoms with van der Waals surface area (Å²) in [5.74, 6) is -0.217. The molecule has 1 amide bonds. The monoisotopic (exact) mass is 803 g/mol. The van der Waals surface area contributed by atoms with Crippen molar-refractivity contribution < 1.29 is 32.9 Å². The Morgan fingerprint density at radius 2 is 1.09 bits per heavy atom. The van der Waals surface area contributed by atoms with E-state index >= 15 is 0 Å². The van der Waals surface area contributed by atoms with Crippen molar-refractivity contribution >= 4 is 13.7 Å². The van der Waals surface area contributed by atoms with Crippen molar-refractivity contribution in [3.63, 3.8) is 0 Å². The van der Waals surface area contributed by atoms with Crippen LogP contribution in [0.25, 0.3) is 0 Å². The summed E-state index contributed by atoms with van der Waals surface area (Å²) in [5.41, 5.74) is 0. The second-order valence-electron chi connectivity index (χ2n) is 15.7. The fraction of sp³-hybridized carbons (Fsp3) is 0.681. The standard InChI is InChI=1S/C47H83N2O6P/c1-6-8-10-11-12-13-14-15-16-17-18-19-20-21-22-23-24-25-26-27-28-29-30-31-32-33-34-35-36-37-39-41-47(51)48-45(46(50)40-38-9-7-2)44-55-56(52,53)54-43-42-49(3,4)5/h8,10,12-13,15-16,18-19,21-22,24-25,38,40,45-46,50H,6-7,9,11,14,17,20,23,26-37,39,41-44H2,1-5H3,(H-,48,51,52,53)/b10-8-,13-12-,16-15-,19-18-,22-21-,25-24-,40-38+. The maximum Gasteiger partial charge on any atom is 0.268 e. The highest BCUT2D eigenvalue weighted by Crippen LogP contribution is 2.38.